The minimum atomic E-state index is -0.982. The van der Waals surface area contributed by atoms with Gasteiger partial charge in [-0.2, -0.15) is 0 Å². The van der Waals surface area contributed by atoms with E-state index in [4.69, 9.17) is 5.11 Å². The van der Waals surface area contributed by atoms with Crippen molar-refractivity contribution in [1.29, 1.82) is 0 Å². The van der Waals surface area contributed by atoms with Crippen molar-refractivity contribution in [3.63, 3.8) is 0 Å². The van der Waals surface area contributed by atoms with Crippen LogP contribution in [0, 0.1) is 6.92 Å². The van der Waals surface area contributed by atoms with Crippen LogP contribution in [0.5, 0.6) is 0 Å². The van der Waals surface area contributed by atoms with Crippen molar-refractivity contribution < 1.29 is 19.5 Å². The van der Waals surface area contributed by atoms with E-state index in [1.165, 1.54) is 0 Å². The van der Waals surface area contributed by atoms with Crippen molar-refractivity contribution in [3.8, 4) is 0 Å². The van der Waals surface area contributed by atoms with Crippen LogP contribution in [0.1, 0.15) is 22.3 Å². The van der Waals surface area contributed by atoms with Gasteiger partial charge >= 0.3 is 5.97 Å². The van der Waals surface area contributed by atoms with Gasteiger partial charge in [0.05, 0.1) is 13.0 Å². The lowest BCUT2D eigenvalue weighted by Gasteiger charge is -2.07. The first-order valence-corrected chi connectivity index (χ1v) is 5.83. The highest BCUT2D eigenvalue weighted by molar-refractivity contribution is 5.97. The molecule has 0 spiro atoms. The lowest BCUT2D eigenvalue weighted by atomic mass is 10.1. The fourth-order valence-corrected chi connectivity index (χ4v) is 1.45. The van der Waals surface area contributed by atoms with E-state index in [0.717, 1.165) is 5.56 Å². The fourth-order valence-electron chi connectivity index (χ4n) is 1.45. The molecule has 0 saturated heterocycles. The van der Waals surface area contributed by atoms with Gasteiger partial charge in [0.1, 0.15) is 0 Å². The zero-order valence-corrected chi connectivity index (χ0v) is 10.6. The van der Waals surface area contributed by atoms with Crippen molar-refractivity contribution >= 4 is 17.8 Å². The summed E-state index contributed by atoms with van der Waals surface area (Å²) in [7, 11) is 0. The second kappa shape index (κ2) is 7.15. The minimum absolute atomic E-state index is 0.0500. The summed E-state index contributed by atoms with van der Waals surface area (Å²) in [6.07, 6.45) is -0.141. The monoisotopic (exact) mass is 264 g/mol. The molecule has 1 rings (SSSR count). The summed E-state index contributed by atoms with van der Waals surface area (Å²) in [5.74, 6) is -1.72. The summed E-state index contributed by atoms with van der Waals surface area (Å²) in [6.45, 7) is 1.68. The first-order valence-electron chi connectivity index (χ1n) is 5.83. The molecule has 6 heteroatoms. The number of carbonyl (C=O) groups is 3. The molecule has 0 heterocycles. The van der Waals surface area contributed by atoms with Crippen LogP contribution in [0.3, 0.4) is 0 Å². The van der Waals surface area contributed by atoms with Crippen LogP contribution >= 0.6 is 0 Å². The first kappa shape index (κ1) is 14.7. The Kier molecular flexibility index (Phi) is 5.53. The summed E-state index contributed by atoms with van der Waals surface area (Å²) in [6, 6.07) is 7.05. The van der Waals surface area contributed by atoms with Gasteiger partial charge in [0.2, 0.25) is 5.91 Å². The molecule has 0 saturated carbocycles. The Morgan fingerprint density at radius 1 is 1.16 bits per heavy atom. The SMILES string of the molecule is Cc1ccccc1C(=O)NCC(=O)NCCC(=O)O. The molecule has 0 atom stereocenters. The molecule has 1 aromatic carbocycles. The predicted octanol–water partition coefficient (Wildman–Crippen LogP) is 0.316. The second-order valence-corrected chi connectivity index (χ2v) is 3.99. The smallest absolute Gasteiger partial charge is 0.305 e. The molecule has 2 amide bonds. The van der Waals surface area contributed by atoms with Crippen molar-refractivity contribution in [2.24, 2.45) is 0 Å². The number of aryl methyl sites for hydroxylation is 1. The maximum absolute atomic E-state index is 11.8. The number of carboxylic acid groups (broad SMARTS) is 1. The molecular formula is C13H16N2O4. The highest BCUT2D eigenvalue weighted by atomic mass is 16.4. The molecule has 6 nitrogen and oxygen atoms in total. The van der Waals surface area contributed by atoms with E-state index in [9.17, 15) is 14.4 Å². The molecule has 0 aromatic heterocycles. The molecule has 0 aliphatic carbocycles. The third-order valence-corrected chi connectivity index (χ3v) is 2.46. The number of amides is 2. The van der Waals surface area contributed by atoms with E-state index < -0.39 is 11.9 Å². The van der Waals surface area contributed by atoms with Gasteiger partial charge in [-0.05, 0) is 18.6 Å². The summed E-state index contributed by atoms with van der Waals surface area (Å²) < 4.78 is 0. The molecule has 3 N–H and O–H groups in total. The summed E-state index contributed by atoms with van der Waals surface area (Å²) >= 11 is 0. The van der Waals surface area contributed by atoms with Gasteiger partial charge < -0.3 is 15.7 Å². The number of rotatable bonds is 6. The van der Waals surface area contributed by atoms with Crippen molar-refractivity contribution in [2.45, 2.75) is 13.3 Å². The van der Waals surface area contributed by atoms with Gasteiger partial charge in [-0.15, -0.1) is 0 Å². The zero-order chi connectivity index (χ0) is 14.3. The number of hydrogen-bond acceptors (Lipinski definition) is 3. The Hall–Kier alpha value is -2.37. The molecule has 0 bridgehead atoms. The Morgan fingerprint density at radius 2 is 1.84 bits per heavy atom. The molecule has 0 aliphatic heterocycles. The van der Waals surface area contributed by atoms with E-state index >= 15 is 0 Å². The molecule has 0 radical (unpaired) electrons. The normalized spacial score (nSPS) is 9.74. The topological polar surface area (TPSA) is 95.5 Å². The van der Waals surface area contributed by atoms with Gasteiger partial charge in [0.15, 0.2) is 0 Å². The number of benzene rings is 1. The van der Waals surface area contributed by atoms with Gasteiger partial charge in [-0.1, -0.05) is 18.2 Å². The average molecular weight is 264 g/mol. The molecule has 1 aromatic rings. The number of carbonyl (C=O) groups excluding carboxylic acids is 2. The highest BCUT2D eigenvalue weighted by Crippen LogP contribution is 2.05. The van der Waals surface area contributed by atoms with Crippen LogP contribution in [-0.2, 0) is 9.59 Å². The van der Waals surface area contributed by atoms with E-state index in [-0.39, 0.29) is 25.4 Å². The number of carboxylic acids is 1. The van der Waals surface area contributed by atoms with E-state index in [1.54, 1.807) is 12.1 Å². The Balaban J connectivity index is 2.36. The quantitative estimate of drug-likeness (QED) is 0.689. The average Bonchev–Trinajstić information content (AvgIpc) is 2.36. The van der Waals surface area contributed by atoms with Gasteiger partial charge in [-0.3, -0.25) is 14.4 Å². The van der Waals surface area contributed by atoms with Crippen LogP contribution in [-0.4, -0.2) is 36.0 Å². The minimum Gasteiger partial charge on any atom is -0.481 e. The second-order valence-electron chi connectivity index (χ2n) is 3.99. The molecule has 0 fully saturated rings. The summed E-state index contributed by atoms with van der Waals surface area (Å²) in [5, 5.41) is 13.3. The molecule has 102 valence electrons. The Labute approximate surface area is 110 Å². The predicted molar refractivity (Wildman–Crippen MR) is 68.8 cm³/mol. The lowest BCUT2D eigenvalue weighted by Crippen LogP contribution is -2.37. The molecule has 0 unspecified atom stereocenters. The molecule has 0 aliphatic rings. The van der Waals surface area contributed by atoms with E-state index in [0.29, 0.717) is 5.56 Å². The largest absolute Gasteiger partial charge is 0.481 e. The third kappa shape index (κ3) is 5.20. The molecular weight excluding hydrogens is 248 g/mol. The van der Waals surface area contributed by atoms with Gasteiger partial charge in [-0.25, -0.2) is 0 Å². The van der Waals surface area contributed by atoms with Crippen LogP contribution in [0.4, 0.5) is 0 Å². The van der Waals surface area contributed by atoms with E-state index in [1.807, 2.05) is 19.1 Å². The van der Waals surface area contributed by atoms with Crippen molar-refractivity contribution in [3.05, 3.63) is 35.4 Å². The van der Waals surface area contributed by atoms with Crippen LogP contribution in [0.2, 0.25) is 0 Å². The van der Waals surface area contributed by atoms with Crippen LogP contribution < -0.4 is 10.6 Å². The summed E-state index contributed by atoms with van der Waals surface area (Å²) in [5.41, 5.74) is 1.34. The fraction of sp³-hybridized carbons (Fsp3) is 0.308. The van der Waals surface area contributed by atoms with Crippen molar-refractivity contribution in [2.75, 3.05) is 13.1 Å². The van der Waals surface area contributed by atoms with Crippen molar-refractivity contribution in [1.82, 2.24) is 10.6 Å². The van der Waals surface area contributed by atoms with Crippen LogP contribution in [0.15, 0.2) is 24.3 Å². The first-order chi connectivity index (χ1) is 9.00. The lowest BCUT2D eigenvalue weighted by molar-refractivity contribution is -0.136. The van der Waals surface area contributed by atoms with Gasteiger partial charge in [0, 0.05) is 12.1 Å². The maximum Gasteiger partial charge on any atom is 0.305 e. The zero-order valence-electron chi connectivity index (χ0n) is 10.6. The maximum atomic E-state index is 11.8. The van der Waals surface area contributed by atoms with Gasteiger partial charge in [0.25, 0.3) is 5.91 Å². The highest BCUT2D eigenvalue weighted by Gasteiger charge is 2.09. The Bertz CT molecular complexity index is 485. The van der Waals surface area contributed by atoms with Crippen LogP contribution in [0.25, 0.3) is 0 Å². The molecule has 19 heavy (non-hydrogen) atoms. The Morgan fingerprint density at radius 3 is 2.47 bits per heavy atom. The number of nitrogens with one attached hydrogen (secondary N) is 2. The van der Waals surface area contributed by atoms with E-state index in [2.05, 4.69) is 10.6 Å². The third-order valence-electron chi connectivity index (χ3n) is 2.46. The standard InChI is InChI=1S/C13H16N2O4/c1-9-4-2-3-5-10(9)13(19)15-8-11(16)14-7-6-12(17)18/h2-5H,6-8H2,1H3,(H,14,16)(H,15,19)(H,17,18). The number of aliphatic carboxylic acids is 1. The summed E-state index contributed by atoms with van der Waals surface area (Å²) in [4.78, 5) is 33.3. The number of hydrogen-bond donors (Lipinski definition) is 3.